The zero-order chi connectivity index (χ0) is 9.57. The molecule has 1 aliphatic rings. The van der Waals surface area contributed by atoms with Crippen molar-refractivity contribution in [2.75, 3.05) is 0 Å². The zero-order valence-corrected chi connectivity index (χ0v) is 9.86. The molecule has 70 valence electrons. The van der Waals surface area contributed by atoms with Crippen molar-refractivity contribution in [2.24, 2.45) is 10.8 Å². The summed E-state index contributed by atoms with van der Waals surface area (Å²) in [7, 11) is 0. The summed E-state index contributed by atoms with van der Waals surface area (Å²) in [6.07, 6.45) is 1.83. The quantitative estimate of drug-likeness (QED) is 0.587. The molecular formula is C10H17BrO. The maximum atomic E-state index is 11.6. The van der Waals surface area contributed by atoms with Crippen LogP contribution in [0.2, 0.25) is 0 Å². The van der Waals surface area contributed by atoms with E-state index in [4.69, 9.17) is 0 Å². The first-order valence-corrected chi connectivity index (χ1v) is 5.33. The number of carbonyl (C=O) groups excluding carboxylic acids is 1. The summed E-state index contributed by atoms with van der Waals surface area (Å²) in [5, 5.41) is 0. The van der Waals surface area contributed by atoms with E-state index in [1.165, 1.54) is 0 Å². The number of Topliss-reactive ketones (excluding diaryl/α,β-unsaturated/α-hetero) is 1. The van der Waals surface area contributed by atoms with E-state index in [0.29, 0.717) is 12.2 Å². The molecule has 1 saturated carbocycles. The maximum absolute atomic E-state index is 11.6. The van der Waals surface area contributed by atoms with Crippen molar-refractivity contribution >= 4 is 21.7 Å². The average molecular weight is 233 g/mol. The van der Waals surface area contributed by atoms with E-state index >= 15 is 0 Å². The van der Waals surface area contributed by atoms with Gasteiger partial charge in [0.05, 0.1) is 4.83 Å². The van der Waals surface area contributed by atoms with Crippen molar-refractivity contribution < 1.29 is 4.79 Å². The number of ketones is 1. The lowest BCUT2D eigenvalue weighted by atomic mass is 9.65. The van der Waals surface area contributed by atoms with Crippen molar-refractivity contribution in [2.45, 2.75) is 45.4 Å². The van der Waals surface area contributed by atoms with Crippen molar-refractivity contribution in [1.29, 1.82) is 0 Å². The van der Waals surface area contributed by atoms with E-state index in [0.717, 1.165) is 6.42 Å². The number of carbonyl (C=O) groups is 1. The second-order valence-corrected chi connectivity index (χ2v) is 6.25. The predicted molar refractivity (Wildman–Crippen MR) is 54.5 cm³/mol. The molecule has 1 unspecified atom stereocenters. The van der Waals surface area contributed by atoms with E-state index in [1.807, 2.05) is 0 Å². The molecule has 0 amide bonds. The van der Waals surface area contributed by atoms with E-state index in [9.17, 15) is 4.79 Å². The van der Waals surface area contributed by atoms with Crippen molar-refractivity contribution in [1.82, 2.24) is 0 Å². The summed E-state index contributed by atoms with van der Waals surface area (Å²) in [6.45, 7) is 8.66. The molecule has 1 nitrogen and oxygen atoms in total. The lowest BCUT2D eigenvalue weighted by Crippen LogP contribution is -2.43. The van der Waals surface area contributed by atoms with Crippen LogP contribution in [0.5, 0.6) is 0 Å². The third-order valence-electron chi connectivity index (χ3n) is 2.56. The molecule has 0 bridgehead atoms. The van der Waals surface area contributed by atoms with E-state index in [1.54, 1.807) is 0 Å². The fourth-order valence-corrected chi connectivity index (χ4v) is 2.71. The zero-order valence-electron chi connectivity index (χ0n) is 8.28. The van der Waals surface area contributed by atoms with Crippen LogP contribution in [0.1, 0.15) is 40.5 Å². The Bertz CT molecular complexity index is 206. The molecule has 0 aromatic carbocycles. The molecule has 0 aliphatic heterocycles. The molecule has 1 fully saturated rings. The lowest BCUT2D eigenvalue weighted by Gasteiger charge is -2.42. The Balaban J connectivity index is 2.87. The van der Waals surface area contributed by atoms with Gasteiger partial charge in [-0.3, -0.25) is 4.79 Å². The number of hydrogen-bond acceptors (Lipinski definition) is 1. The number of rotatable bonds is 0. The fraction of sp³-hybridized carbons (Fsp3) is 0.900. The van der Waals surface area contributed by atoms with Crippen LogP contribution in [-0.2, 0) is 4.79 Å². The van der Waals surface area contributed by atoms with E-state index < -0.39 is 0 Å². The highest BCUT2D eigenvalue weighted by molar-refractivity contribution is 9.10. The van der Waals surface area contributed by atoms with Gasteiger partial charge in [-0.2, -0.15) is 0 Å². The van der Waals surface area contributed by atoms with Crippen molar-refractivity contribution in [3.63, 3.8) is 0 Å². The van der Waals surface area contributed by atoms with Crippen molar-refractivity contribution in [3.8, 4) is 0 Å². The minimum Gasteiger partial charge on any atom is -0.298 e. The summed E-state index contributed by atoms with van der Waals surface area (Å²) in [4.78, 5) is 11.6. The van der Waals surface area contributed by atoms with Crippen LogP contribution in [-0.4, -0.2) is 10.6 Å². The number of alkyl halides is 1. The first-order valence-electron chi connectivity index (χ1n) is 4.41. The molecule has 0 radical (unpaired) electrons. The first kappa shape index (κ1) is 10.2. The summed E-state index contributed by atoms with van der Waals surface area (Å²) >= 11 is 3.48. The van der Waals surface area contributed by atoms with Crippen molar-refractivity contribution in [3.05, 3.63) is 0 Å². The summed E-state index contributed by atoms with van der Waals surface area (Å²) in [5.74, 6) is 0.358. The molecule has 1 aliphatic carbocycles. The van der Waals surface area contributed by atoms with Gasteiger partial charge in [-0.05, 0) is 17.3 Å². The Morgan fingerprint density at radius 1 is 1.33 bits per heavy atom. The van der Waals surface area contributed by atoms with Gasteiger partial charge in [-0.25, -0.2) is 0 Å². The Hall–Kier alpha value is 0.150. The highest BCUT2D eigenvalue weighted by Gasteiger charge is 2.44. The Morgan fingerprint density at radius 2 is 1.83 bits per heavy atom. The average Bonchev–Trinajstić information content (AvgIpc) is 1.79. The van der Waals surface area contributed by atoms with Gasteiger partial charge in [0.1, 0.15) is 5.78 Å². The van der Waals surface area contributed by atoms with Crippen LogP contribution in [0.25, 0.3) is 0 Å². The van der Waals surface area contributed by atoms with Crippen LogP contribution >= 0.6 is 15.9 Å². The van der Waals surface area contributed by atoms with Gasteiger partial charge in [0.2, 0.25) is 0 Å². The SMILES string of the molecule is CC1(C)CC(=O)C(Br)C(C)(C)C1. The van der Waals surface area contributed by atoms with Gasteiger partial charge < -0.3 is 0 Å². The Kier molecular flexibility index (Phi) is 2.41. The molecule has 0 spiro atoms. The summed E-state index contributed by atoms with van der Waals surface area (Å²) in [6, 6.07) is 0. The van der Waals surface area contributed by atoms with Gasteiger partial charge in [0.25, 0.3) is 0 Å². The molecule has 0 N–H and O–H groups in total. The van der Waals surface area contributed by atoms with E-state index in [-0.39, 0.29) is 15.7 Å². The topological polar surface area (TPSA) is 17.1 Å². The molecule has 0 saturated heterocycles. The minimum absolute atomic E-state index is 0.0537. The molecule has 1 rings (SSSR count). The Labute approximate surface area is 83.0 Å². The van der Waals surface area contributed by atoms with Gasteiger partial charge in [0, 0.05) is 6.42 Å². The second kappa shape index (κ2) is 2.83. The van der Waals surface area contributed by atoms with Gasteiger partial charge in [0.15, 0.2) is 0 Å². The predicted octanol–water partition coefficient (Wildman–Crippen LogP) is 3.17. The highest BCUT2D eigenvalue weighted by atomic mass is 79.9. The standard InChI is InChI=1S/C10H17BrO/c1-9(2)5-7(12)8(11)10(3,4)6-9/h8H,5-6H2,1-4H3. The smallest absolute Gasteiger partial charge is 0.147 e. The third-order valence-corrected chi connectivity index (χ3v) is 4.31. The normalized spacial score (nSPS) is 33.4. The first-order chi connectivity index (χ1) is 5.25. The van der Waals surface area contributed by atoms with Gasteiger partial charge >= 0.3 is 0 Å². The molecular weight excluding hydrogens is 216 g/mol. The maximum Gasteiger partial charge on any atom is 0.147 e. The molecule has 0 aromatic rings. The summed E-state index contributed by atoms with van der Waals surface area (Å²) < 4.78 is 0. The third kappa shape index (κ3) is 1.90. The molecule has 1 atom stereocenters. The van der Waals surface area contributed by atoms with Crippen LogP contribution in [0.4, 0.5) is 0 Å². The van der Waals surface area contributed by atoms with Crippen LogP contribution in [0.15, 0.2) is 0 Å². The molecule has 12 heavy (non-hydrogen) atoms. The molecule has 0 aromatic heterocycles. The van der Waals surface area contributed by atoms with Crippen LogP contribution in [0, 0.1) is 10.8 Å². The molecule has 0 heterocycles. The van der Waals surface area contributed by atoms with Gasteiger partial charge in [-0.15, -0.1) is 0 Å². The largest absolute Gasteiger partial charge is 0.298 e. The highest BCUT2D eigenvalue weighted by Crippen LogP contribution is 2.46. The lowest BCUT2D eigenvalue weighted by molar-refractivity contribution is -0.125. The summed E-state index contributed by atoms with van der Waals surface area (Å²) in [5.41, 5.74) is 0.295. The molecule has 2 heteroatoms. The minimum atomic E-state index is 0.0537. The van der Waals surface area contributed by atoms with Crippen LogP contribution in [0.3, 0.4) is 0 Å². The number of halogens is 1. The van der Waals surface area contributed by atoms with E-state index in [2.05, 4.69) is 43.6 Å². The fourth-order valence-electron chi connectivity index (χ4n) is 2.38. The van der Waals surface area contributed by atoms with Crippen LogP contribution < -0.4 is 0 Å². The second-order valence-electron chi connectivity index (χ2n) is 5.34. The number of hydrogen-bond donors (Lipinski definition) is 0. The van der Waals surface area contributed by atoms with Gasteiger partial charge in [-0.1, -0.05) is 43.6 Å². The monoisotopic (exact) mass is 232 g/mol. The Morgan fingerprint density at radius 3 is 2.25 bits per heavy atom.